The van der Waals surface area contributed by atoms with Gasteiger partial charge in [-0.3, -0.25) is 14.4 Å². The summed E-state index contributed by atoms with van der Waals surface area (Å²) in [5.74, 6) is -3.76. The Morgan fingerprint density at radius 1 is 1.00 bits per heavy atom. The van der Waals surface area contributed by atoms with Crippen LogP contribution in [0.4, 0.5) is 5.69 Å². The van der Waals surface area contributed by atoms with Crippen LogP contribution >= 0.6 is 23.2 Å². The molecule has 0 unspecified atom stereocenters. The maximum atomic E-state index is 13.1. The standard InChI is InChI=1S/C30H36Cl2N2O6/c1-28(2,3)17-14-20(31)23(21(32)15-17)25(36)33-18-9-7-16(8-10-18)13-22(26(37)38)34-24(35)19-11-12-30(6,27(39)40)29(19,4)5/h7-10,14-15,19,22H,11-13H2,1-6H3,(H,33,36)(H,34,35)(H,37,38)(H,39,40)/t19-,22+,30+/m1/s1. The summed E-state index contributed by atoms with van der Waals surface area (Å²) in [5, 5.41) is 25.3. The predicted octanol–water partition coefficient (Wildman–Crippen LogP) is 6.18. The lowest BCUT2D eigenvalue weighted by atomic mass is 9.65. The van der Waals surface area contributed by atoms with Crippen molar-refractivity contribution in [2.45, 2.75) is 72.3 Å². The van der Waals surface area contributed by atoms with E-state index in [9.17, 15) is 29.4 Å². The number of carbonyl (C=O) groups excluding carboxylic acids is 2. The first-order valence-electron chi connectivity index (χ1n) is 13.0. The molecule has 10 heteroatoms. The van der Waals surface area contributed by atoms with Crippen LogP contribution in [-0.2, 0) is 26.2 Å². The molecule has 0 bridgehead atoms. The lowest BCUT2D eigenvalue weighted by Gasteiger charge is -2.38. The molecule has 1 aliphatic rings. The second kappa shape index (κ2) is 11.4. The van der Waals surface area contributed by atoms with Crippen LogP contribution in [0.5, 0.6) is 0 Å². The highest BCUT2D eigenvalue weighted by molar-refractivity contribution is 6.40. The lowest BCUT2D eigenvalue weighted by Crippen LogP contribution is -2.49. The van der Waals surface area contributed by atoms with Crippen molar-refractivity contribution in [1.82, 2.24) is 5.32 Å². The highest BCUT2D eigenvalue weighted by Gasteiger charge is 2.58. The zero-order chi connectivity index (χ0) is 30.2. The number of amides is 2. The van der Waals surface area contributed by atoms with Gasteiger partial charge >= 0.3 is 11.9 Å². The minimum Gasteiger partial charge on any atom is -0.481 e. The fourth-order valence-corrected chi connectivity index (χ4v) is 5.85. The van der Waals surface area contributed by atoms with Gasteiger partial charge in [-0.1, -0.05) is 70.0 Å². The van der Waals surface area contributed by atoms with Gasteiger partial charge in [-0.2, -0.15) is 0 Å². The van der Waals surface area contributed by atoms with Crippen molar-refractivity contribution in [3.05, 3.63) is 63.1 Å². The van der Waals surface area contributed by atoms with Crippen molar-refractivity contribution >= 4 is 52.6 Å². The average molecular weight is 592 g/mol. The zero-order valence-corrected chi connectivity index (χ0v) is 25.0. The first-order chi connectivity index (χ1) is 18.4. The van der Waals surface area contributed by atoms with E-state index in [0.717, 1.165) is 5.56 Å². The van der Waals surface area contributed by atoms with E-state index >= 15 is 0 Å². The zero-order valence-electron chi connectivity index (χ0n) is 23.5. The number of nitrogens with one attached hydrogen (secondary N) is 2. The number of carboxylic acid groups (broad SMARTS) is 2. The number of carbonyl (C=O) groups is 4. The van der Waals surface area contributed by atoms with Crippen LogP contribution in [0, 0.1) is 16.7 Å². The van der Waals surface area contributed by atoms with E-state index in [0.29, 0.717) is 24.1 Å². The van der Waals surface area contributed by atoms with Crippen LogP contribution in [-0.4, -0.2) is 40.0 Å². The third kappa shape index (κ3) is 6.28. The van der Waals surface area contributed by atoms with Gasteiger partial charge in [0.05, 0.1) is 21.0 Å². The number of aliphatic carboxylic acids is 2. The topological polar surface area (TPSA) is 133 Å². The molecule has 0 aromatic heterocycles. The van der Waals surface area contributed by atoms with Crippen LogP contribution in [0.1, 0.15) is 75.9 Å². The van der Waals surface area contributed by atoms with Gasteiger partial charge in [0.1, 0.15) is 6.04 Å². The van der Waals surface area contributed by atoms with Gasteiger partial charge in [0, 0.05) is 18.0 Å². The minimum atomic E-state index is -1.21. The Balaban J connectivity index is 1.69. The summed E-state index contributed by atoms with van der Waals surface area (Å²) in [7, 11) is 0. The molecule has 2 amide bonds. The number of carboxylic acids is 2. The summed E-state index contributed by atoms with van der Waals surface area (Å²) in [4.78, 5) is 49.8. The molecule has 8 nitrogen and oxygen atoms in total. The Hall–Kier alpha value is -3.10. The molecule has 1 saturated carbocycles. The molecule has 0 spiro atoms. The number of rotatable bonds is 8. The SMILES string of the molecule is CC(C)(C)c1cc(Cl)c(C(=O)Nc2ccc(C[C@H](NC(=O)[C@H]3CC[C@@](C)(C(=O)O)C3(C)C)C(=O)O)cc2)c(Cl)c1. The number of hydrogen-bond donors (Lipinski definition) is 4. The van der Waals surface area contributed by atoms with Crippen LogP contribution in [0.25, 0.3) is 0 Å². The summed E-state index contributed by atoms with van der Waals surface area (Å²) in [5.41, 5.74) is -0.00651. The quantitative estimate of drug-likeness (QED) is 0.290. The summed E-state index contributed by atoms with van der Waals surface area (Å²) in [6.07, 6.45) is 0.690. The number of anilines is 1. The molecule has 40 heavy (non-hydrogen) atoms. The third-order valence-electron chi connectivity index (χ3n) is 8.42. The monoisotopic (exact) mass is 590 g/mol. The average Bonchev–Trinajstić information content (AvgIpc) is 3.08. The Kier molecular flexibility index (Phi) is 8.97. The number of benzene rings is 2. The van der Waals surface area contributed by atoms with E-state index in [4.69, 9.17) is 23.2 Å². The molecule has 1 fully saturated rings. The summed E-state index contributed by atoms with van der Waals surface area (Å²) >= 11 is 12.8. The minimum absolute atomic E-state index is 0.00453. The van der Waals surface area contributed by atoms with Gasteiger partial charge in [0.15, 0.2) is 0 Å². The van der Waals surface area contributed by atoms with E-state index < -0.39 is 46.5 Å². The Morgan fingerprint density at radius 2 is 1.55 bits per heavy atom. The van der Waals surface area contributed by atoms with Crippen molar-refractivity contribution in [3.8, 4) is 0 Å². The second-order valence-corrected chi connectivity index (χ2v) is 13.1. The highest BCUT2D eigenvalue weighted by atomic mass is 35.5. The Bertz CT molecular complexity index is 1310. The van der Waals surface area contributed by atoms with Gasteiger partial charge in [-0.05, 0) is 66.0 Å². The smallest absolute Gasteiger partial charge is 0.326 e. The fourth-order valence-electron chi connectivity index (χ4n) is 5.19. The van der Waals surface area contributed by atoms with Gasteiger partial charge in [-0.25, -0.2) is 4.79 Å². The van der Waals surface area contributed by atoms with Crippen molar-refractivity contribution in [2.24, 2.45) is 16.7 Å². The van der Waals surface area contributed by atoms with Crippen LogP contribution in [0.15, 0.2) is 36.4 Å². The first-order valence-corrected chi connectivity index (χ1v) is 13.8. The van der Waals surface area contributed by atoms with E-state index in [1.54, 1.807) is 57.2 Å². The molecule has 2 aromatic rings. The number of hydrogen-bond acceptors (Lipinski definition) is 4. The number of halogens is 2. The molecule has 216 valence electrons. The maximum Gasteiger partial charge on any atom is 0.326 e. The molecule has 0 radical (unpaired) electrons. The summed E-state index contributed by atoms with van der Waals surface area (Å²) < 4.78 is 0. The van der Waals surface area contributed by atoms with Gasteiger partial charge in [-0.15, -0.1) is 0 Å². The van der Waals surface area contributed by atoms with Crippen molar-refractivity contribution in [2.75, 3.05) is 5.32 Å². The largest absolute Gasteiger partial charge is 0.481 e. The Labute approximate surface area is 244 Å². The fraction of sp³-hybridized carbons (Fsp3) is 0.467. The van der Waals surface area contributed by atoms with Crippen molar-refractivity contribution in [1.29, 1.82) is 0 Å². The van der Waals surface area contributed by atoms with Crippen molar-refractivity contribution in [3.63, 3.8) is 0 Å². The van der Waals surface area contributed by atoms with Crippen LogP contribution < -0.4 is 10.6 Å². The second-order valence-electron chi connectivity index (χ2n) is 12.3. The molecule has 3 atom stereocenters. The van der Waals surface area contributed by atoms with Gasteiger partial charge in [0.2, 0.25) is 5.91 Å². The van der Waals surface area contributed by atoms with Crippen LogP contribution in [0.2, 0.25) is 10.0 Å². The molecular formula is C30H36Cl2N2O6. The highest BCUT2D eigenvalue weighted by Crippen LogP contribution is 2.56. The maximum absolute atomic E-state index is 13.1. The van der Waals surface area contributed by atoms with Gasteiger partial charge in [0.25, 0.3) is 5.91 Å². The van der Waals surface area contributed by atoms with Crippen LogP contribution in [0.3, 0.4) is 0 Å². The van der Waals surface area contributed by atoms with Crippen molar-refractivity contribution < 1.29 is 29.4 Å². The van der Waals surface area contributed by atoms with E-state index in [1.807, 2.05) is 20.8 Å². The molecular weight excluding hydrogens is 555 g/mol. The van der Waals surface area contributed by atoms with E-state index in [-0.39, 0.29) is 27.4 Å². The molecule has 0 aliphatic heterocycles. The normalized spacial score (nSPS) is 20.9. The Morgan fingerprint density at radius 3 is 2.00 bits per heavy atom. The summed E-state index contributed by atoms with van der Waals surface area (Å²) in [6, 6.07) is 8.80. The molecule has 1 aliphatic carbocycles. The lowest BCUT2D eigenvalue weighted by molar-refractivity contribution is -0.155. The predicted molar refractivity (Wildman–Crippen MR) is 155 cm³/mol. The third-order valence-corrected chi connectivity index (χ3v) is 9.01. The molecule has 4 N–H and O–H groups in total. The molecule has 3 rings (SSSR count). The van der Waals surface area contributed by atoms with E-state index in [2.05, 4.69) is 10.6 Å². The summed E-state index contributed by atoms with van der Waals surface area (Å²) in [6.45, 7) is 11.1. The van der Waals surface area contributed by atoms with Gasteiger partial charge < -0.3 is 20.8 Å². The molecule has 0 saturated heterocycles. The molecule has 0 heterocycles. The first kappa shape index (κ1) is 31.4. The molecule has 2 aromatic carbocycles. The van der Waals surface area contributed by atoms with E-state index in [1.165, 1.54) is 0 Å².